The highest BCUT2D eigenvalue weighted by Gasteiger charge is 2.26. The maximum Gasteiger partial charge on any atom is 0.0166 e. The predicted molar refractivity (Wildman–Crippen MR) is 39.0 cm³/mol. The van der Waals surface area contributed by atoms with Crippen LogP contribution in [0.2, 0.25) is 0 Å². The van der Waals surface area contributed by atoms with Crippen molar-refractivity contribution in [1.82, 2.24) is 10.9 Å². The molecule has 2 heteroatoms. The lowest BCUT2D eigenvalue weighted by Crippen LogP contribution is -2.21. The lowest BCUT2D eigenvalue weighted by Gasteiger charge is -2.19. The third kappa shape index (κ3) is 1.66. The van der Waals surface area contributed by atoms with E-state index in [1.54, 1.807) is 0 Å². The summed E-state index contributed by atoms with van der Waals surface area (Å²) in [5.41, 5.74) is 6.82. The molecule has 0 aromatic carbocycles. The molecule has 0 aliphatic carbocycles. The summed E-state index contributed by atoms with van der Waals surface area (Å²) in [6.45, 7) is 6.81. The minimum absolute atomic E-state index is 0.523. The molecular weight excluding hydrogens is 112 g/mol. The van der Waals surface area contributed by atoms with Crippen LogP contribution in [0.1, 0.15) is 26.7 Å². The van der Waals surface area contributed by atoms with E-state index in [1.807, 2.05) is 0 Å². The second kappa shape index (κ2) is 2.67. The molecule has 0 bridgehead atoms. The average molecular weight is 128 g/mol. The van der Waals surface area contributed by atoms with Crippen LogP contribution in [0.15, 0.2) is 0 Å². The average Bonchev–Trinajstić information content (AvgIpc) is 2.16. The summed E-state index contributed by atoms with van der Waals surface area (Å²) >= 11 is 0. The number of hydrazine groups is 1. The van der Waals surface area contributed by atoms with Crippen molar-refractivity contribution in [2.24, 2.45) is 5.41 Å². The van der Waals surface area contributed by atoms with Crippen molar-refractivity contribution in [3.63, 3.8) is 0 Å². The fourth-order valence-corrected chi connectivity index (χ4v) is 1.39. The summed E-state index contributed by atoms with van der Waals surface area (Å²) in [5.74, 6) is 0. The lowest BCUT2D eigenvalue weighted by molar-refractivity contribution is 0.352. The van der Waals surface area contributed by atoms with Crippen molar-refractivity contribution in [3.8, 4) is 0 Å². The normalized spacial score (nSPS) is 24.7. The molecule has 0 spiro atoms. The zero-order chi connectivity index (χ0) is 6.74. The maximum atomic E-state index is 3.15. The van der Waals surface area contributed by atoms with Crippen LogP contribution in [0, 0.1) is 5.41 Å². The second-order valence-corrected chi connectivity index (χ2v) is 3.27. The Kier molecular flexibility index (Phi) is 2.09. The Balaban J connectivity index is 2.32. The Bertz CT molecular complexity index is 84.9. The SMILES string of the molecule is CCCC1(C)CNNC1. The summed E-state index contributed by atoms with van der Waals surface area (Å²) in [6, 6.07) is 0. The molecule has 0 radical (unpaired) electrons. The molecule has 0 saturated carbocycles. The van der Waals surface area contributed by atoms with Crippen LogP contribution >= 0.6 is 0 Å². The molecule has 2 N–H and O–H groups in total. The second-order valence-electron chi connectivity index (χ2n) is 3.27. The highest BCUT2D eigenvalue weighted by Crippen LogP contribution is 2.22. The van der Waals surface area contributed by atoms with Gasteiger partial charge in [0, 0.05) is 13.1 Å². The monoisotopic (exact) mass is 128 g/mol. The van der Waals surface area contributed by atoms with E-state index >= 15 is 0 Å². The first-order valence-corrected chi connectivity index (χ1v) is 3.72. The zero-order valence-electron chi connectivity index (χ0n) is 6.33. The van der Waals surface area contributed by atoms with Crippen molar-refractivity contribution in [2.45, 2.75) is 26.7 Å². The van der Waals surface area contributed by atoms with E-state index in [9.17, 15) is 0 Å². The number of rotatable bonds is 2. The lowest BCUT2D eigenvalue weighted by atomic mass is 9.87. The highest BCUT2D eigenvalue weighted by molar-refractivity contribution is 4.82. The quantitative estimate of drug-likeness (QED) is 0.577. The van der Waals surface area contributed by atoms with E-state index in [4.69, 9.17) is 0 Å². The third-order valence-electron chi connectivity index (χ3n) is 2.01. The minimum Gasteiger partial charge on any atom is -0.257 e. The van der Waals surface area contributed by atoms with E-state index < -0.39 is 0 Å². The van der Waals surface area contributed by atoms with Gasteiger partial charge in [-0.05, 0) is 11.8 Å². The molecule has 1 fully saturated rings. The topological polar surface area (TPSA) is 24.1 Å². The summed E-state index contributed by atoms with van der Waals surface area (Å²) < 4.78 is 0. The van der Waals surface area contributed by atoms with Gasteiger partial charge in [-0.3, -0.25) is 10.9 Å². The standard InChI is InChI=1S/C7H16N2/c1-3-4-7(2)5-8-9-6-7/h8-9H,3-6H2,1-2H3. The third-order valence-corrected chi connectivity index (χ3v) is 2.01. The molecule has 1 aliphatic heterocycles. The molecule has 54 valence electrons. The van der Waals surface area contributed by atoms with Crippen LogP contribution < -0.4 is 10.9 Å². The minimum atomic E-state index is 0.523. The molecule has 1 rings (SSSR count). The van der Waals surface area contributed by atoms with Crippen LogP contribution in [0.25, 0.3) is 0 Å². The largest absolute Gasteiger partial charge is 0.257 e. The molecule has 0 amide bonds. The van der Waals surface area contributed by atoms with E-state index in [1.165, 1.54) is 12.8 Å². The van der Waals surface area contributed by atoms with E-state index in [-0.39, 0.29) is 0 Å². The van der Waals surface area contributed by atoms with Gasteiger partial charge in [0.1, 0.15) is 0 Å². The van der Waals surface area contributed by atoms with Crippen molar-refractivity contribution >= 4 is 0 Å². The van der Waals surface area contributed by atoms with Gasteiger partial charge in [-0.2, -0.15) is 0 Å². The molecule has 2 nitrogen and oxygen atoms in total. The molecule has 0 unspecified atom stereocenters. The van der Waals surface area contributed by atoms with Gasteiger partial charge in [0.25, 0.3) is 0 Å². The van der Waals surface area contributed by atoms with Crippen LogP contribution in [-0.2, 0) is 0 Å². The Labute approximate surface area is 57.0 Å². The van der Waals surface area contributed by atoms with Gasteiger partial charge in [0.2, 0.25) is 0 Å². The first-order chi connectivity index (χ1) is 4.27. The van der Waals surface area contributed by atoms with Crippen molar-refractivity contribution in [1.29, 1.82) is 0 Å². The predicted octanol–water partition coefficient (Wildman–Crippen LogP) is 0.901. The van der Waals surface area contributed by atoms with Crippen molar-refractivity contribution < 1.29 is 0 Å². The van der Waals surface area contributed by atoms with E-state index in [0.717, 1.165) is 13.1 Å². The van der Waals surface area contributed by atoms with Gasteiger partial charge < -0.3 is 0 Å². The molecule has 0 aromatic rings. The number of hydrogen-bond acceptors (Lipinski definition) is 2. The zero-order valence-corrected chi connectivity index (χ0v) is 6.33. The fraction of sp³-hybridized carbons (Fsp3) is 1.00. The Morgan fingerprint density at radius 1 is 1.33 bits per heavy atom. The highest BCUT2D eigenvalue weighted by atomic mass is 15.4. The molecular formula is C7H16N2. The fourth-order valence-electron chi connectivity index (χ4n) is 1.39. The molecule has 1 heterocycles. The number of nitrogens with one attached hydrogen (secondary N) is 2. The molecule has 1 aliphatic rings. The van der Waals surface area contributed by atoms with Gasteiger partial charge in [0.05, 0.1) is 0 Å². The Morgan fingerprint density at radius 3 is 2.33 bits per heavy atom. The van der Waals surface area contributed by atoms with Crippen molar-refractivity contribution in [2.75, 3.05) is 13.1 Å². The van der Waals surface area contributed by atoms with Crippen molar-refractivity contribution in [3.05, 3.63) is 0 Å². The Morgan fingerprint density at radius 2 is 1.89 bits per heavy atom. The van der Waals surface area contributed by atoms with Gasteiger partial charge in [-0.25, -0.2) is 0 Å². The first-order valence-electron chi connectivity index (χ1n) is 3.72. The van der Waals surface area contributed by atoms with Crippen LogP contribution in [0.3, 0.4) is 0 Å². The first kappa shape index (κ1) is 7.03. The summed E-state index contributed by atoms with van der Waals surface area (Å²) in [5, 5.41) is 0. The van der Waals surface area contributed by atoms with Crippen LogP contribution in [0.4, 0.5) is 0 Å². The smallest absolute Gasteiger partial charge is 0.0166 e. The molecule has 0 aromatic heterocycles. The maximum absolute atomic E-state index is 3.15. The van der Waals surface area contributed by atoms with Gasteiger partial charge in [-0.15, -0.1) is 0 Å². The van der Waals surface area contributed by atoms with E-state index in [0.29, 0.717) is 5.41 Å². The van der Waals surface area contributed by atoms with Crippen LogP contribution in [0.5, 0.6) is 0 Å². The summed E-state index contributed by atoms with van der Waals surface area (Å²) in [4.78, 5) is 0. The van der Waals surface area contributed by atoms with Gasteiger partial charge >= 0.3 is 0 Å². The molecule has 0 atom stereocenters. The molecule has 9 heavy (non-hydrogen) atoms. The summed E-state index contributed by atoms with van der Waals surface area (Å²) in [6.07, 6.45) is 2.62. The van der Waals surface area contributed by atoms with Gasteiger partial charge in [0.15, 0.2) is 0 Å². The van der Waals surface area contributed by atoms with Gasteiger partial charge in [-0.1, -0.05) is 20.3 Å². The van der Waals surface area contributed by atoms with Crippen LogP contribution in [-0.4, -0.2) is 13.1 Å². The van der Waals surface area contributed by atoms with E-state index in [2.05, 4.69) is 24.7 Å². The summed E-state index contributed by atoms with van der Waals surface area (Å²) in [7, 11) is 0. The number of hydrogen-bond donors (Lipinski definition) is 2. The molecule has 1 saturated heterocycles. The Hall–Kier alpha value is -0.0800.